The van der Waals surface area contributed by atoms with E-state index in [4.69, 9.17) is 21.1 Å². The number of halogens is 5. The van der Waals surface area contributed by atoms with E-state index in [0.29, 0.717) is 17.1 Å². The number of hydrogen-bond donors (Lipinski definition) is 1. The van der Waals surface area contributed by atoms with E-state index in [1.807, 2.05) is 5.43 Å². The van der Waals surface area contributed by atoms with Gasteiger partial charge in [0.2, 0.25) is 6.79 Å². The fourth-order valence-electron chi connectivity index (χ4n) is 1.87. The van der Waals surface area contributed by atoms with Gasteiger partial charge in [0.1, 0.15) is 10.7 Å². The van der Waals surface area contributed by atoms with E-state index in [-0.39, 0.29) is 6.79 Å². The standard InChI is InChI=1S/C14H7ClF4N2O2/c15-9-10(16)12(18)14(13(19)11(9)17)21-20-4-6-1-2-7-8(3-6)23-5-22-7/h1-4,21H,5H2/b20-4-. The smallest absolute Gasteiger partial charge is 0.231 e. The molecule has 2 aromatic rings. The number of anilines is 1. The van der Waals surface area contributed by atoms with Gasteiger partial charge in [0.15, 0.2) is 34.8 Å². The number of rotatable bonds is 3. The second kappa shape index (κ2) is 5.96. The highest BCUT2D eigenvalue weighted by molar-refractivity contribution is 6.31. The molecule has 0 amide bonds. The number of benzene rings is 2. The van der Waals surface area contributed by atoms with Crippen LogP contribution in [0.5, 0.6) is 11.5 Å². The number of fused-ring (bicyclic) bond motifs is 1. The lowest BCUT2D eigenvalue weighted by Crippen LogP contribution is -2.04. The quantitative estimate of drug-likeness (QED) is 0.299. The first-order chi connectivity index (χ1) is 11.0. The molecule has 1 heterocycles. The second-order valence-corrected chi connectivity index (χ2v) is 4.81. The molecule has 0 fully saturated rings. The van der Waals surface area contributed by atoms with Crippen LogP contribution in [0.2, 0.25) is 5.02 Å². The lowest BCUT2D eigenvalue weighted by Gasteiger charge is -2.07. The van der Waals surface area contributed by atoms with Crippen molar-refractivity contribution in [2.24, 2.45) is 5.10 Å². The molecular weight excluding hydrogens is 340 g/mol. The molecule has 2 aromatic carbocycles. The maximum absolute atomic E-state index is 13.6. The van der Waals surface area contributed by atoms with E-state index < -0.39 is 34.0 Å². The summed E-state index contributed by atoms with van der Waals surface area (Å²) in [5, 5.41) is 2.28. The Balaban J connectivity index is 1.83. The first-order valence-corrected chi connectivity index (χ1v) is 6.57. The van der Waals surface area contributed by atoms with Crippen LogP contribution in [0.1, 0.15) is 5.56 Å². The average Bonchev–Trinajstić information content (AvgIpc) is 3.02. The fraction of sp³-hybridized carbons (Fsp3) is 0.0714. The summed E-state index contributed by atoms with van der Waals surface area (Å²) in [7, 11) is 0. The molecule has 0 spiro atoms. The van der Waals surface area contributed by atoms with Crippen molar-refractivity contribution in [3.8, 4) is 11.5 Å². The van der Waals surface area contributed by atoms with Crippen LogP contribution >= 0.6 is 11.6 Å². The molecule has 120 valence electrons. The lowest BCUT2D eigenvalue weighted by atomic mass is 10.2. The van der Waals surface area contributed by atoms with E-state index in [2.05, 4.69) is 5.10 Å². The highest BCUT2D eigenvalue weighted by Crippen LogP contribution is 2.32. The maximum Gasteiger partial charge on any atom is 0.231 e. The molecule has 0 bridgehead atoms. The minimum Gasteiger partial charge on any atom is -0.454 e. The molecule has 23 heavy (non-hydrogen) atoms. The van der Waals surface area contributed by atoms with E-state index in [1.165, 1.54) is 6.21 Å². The van der Waals surface area contributed by atoms with Crippen molar-refractivity contribution in [3.05, 3.63) is 52.1 Å². The molecule has 0 atom stereocenters. The van der Waals surface area contributed by atoms with Crippen molar-refractivity contribution in [1.82, 2.24) is 0 Å². The van der Waals surface area contributed by atoms with Crippen LogP contribution in [-0.2, 0) is 0 Å². The number of hydrazone groups is 1. The van der Waals surface area contributed by atoms with Gasteiger partial charge in [-0.05, 0) is 23.8 Å². The van der Waals surface area contributed by atoms with Gasteiger partial charge in [0.05, 0.1) is 6.21 Å². The second-order valence-electron chi connectivity index (χ2n) is 4.43. The van der Waals surface area contributed by atoms with Gasteiger partial charge < -0.3 is 9.47 Å². The van der Waals surface area contributed by atoms with E-state index in [0.717, 1.165) is 0 Å². The number of hydrogen-bond acceptors (Lipinski definition) is 4. The maximum atomic E-state index is 13.6. The Morgan fingerprint density at radius 2 is 1.65 bits per heavy atom. The molecule has 0 radical (unpaired) electrons. The Hall–Kier alpha value is -2.48. The van der Waals surface area contributed by atoms with Crippen molar-refractivity contribution in [1.29, 1.82) is 0 Å². The normalized spacial score (nSPS) is 12.9. The predicted octanol–water partition coefficient (Wildman–Crippen LogP) is 4.07. The summed E-state index contributed by atoms with van der Waals surface area (Å²) in [4.78, 5) is 0. The average molecular weight is 347 g/mol. The monoisotopic (exact) mass is 346 g/mol. The molecule has 0 aliphatic carbocycles. The van der Waals surface area contributed by atoms with Crippen LogP contribution in [-0.4, -0.2) is 13.0 Å². The summed E-state index contributed by atoms with van der Waals surface area (Å²) in [5.74, 6) is -5.71. The van der Waals surface area contributed by atoms with Crippen LogP contribution in [0.15, 0.2) is 23.3 Å². The first kappa shape index (κ1) is 15.4. The summed E-state index contributed by atoms with van der Waals surface area (Å²) in [6.45, 7) is 0.0912. The summed E-state index contributed by atoms with van der Waals surface area (Å²) >= 11 is 5.12. The van der Waals surface area contributed by atoms with E-state index in [1.54, 1.807) is 18.2 Å². The van der Waals surface area contributed by atoms with Crippen molar-refractivity contribution >= 4 is 23.5 Å². The molecule has 3 rings (SSSR count). The zero-order valence-corrected chi connectivity index (χ0v) is 11.9. The molecule has 0 saturated heterocycles. The van der Waals surface area contributed by atoms with Crippen molar-refractivity contribution < 1.29 is 27.0 Å². The Bertz CT molecular complexity index is 785. The molecule has 0 unspecified atom stereocenters. The van der Waals surface area contributed by atoms with E-state index in [9.17, 15) is 17.6 Å². The van der Waals surface area contributed by atoms with Crippen molar-refractivity contribution in [2.75, 3.05) is 12.2 Å². The molecule has 1 aliphatic heterocycles. The highest BCUT2D eigenvalue weighted by atomic mass is 35.5. The van der Waals surface area contributed by atoms with Crippen LogP contribution in [0.25, 0.3) is 0 Å². The topological polar surface area (TPSA) is 42.9 Å². The first-order valence-electron chi connectivity index (χ1n) is 6.19. The molecule has 1 N–H and O–H groups in total. The largest absolute Gasteiger partial charge is 0.454 e. The van der Waals surface area contributed by atoms with Crippen LogP contribution in [0, 0.1) is 23.3 Å². The lowest BCUT2D eigenvalue weighted by molar-refractivity contribution is 0.174. The Labute approximate surface area is 132 Å². The van der Waals surface area contributed by atoms with Gasteiger partial charge in [-0.1, -0.05) is 11.6 Å². The zero-order valence-electron chi connectivity index (χ0n) is 11.2. The molecular formula is C14H7ClF4N2O2. The third-order valence-corrected chi connectivity index (χ3v) is 3.33. The minimum absolute atomic E-state index is 0.0912. The predicted molar refractivity (Wildman–Crippen MR) is 75.1 cm³/mol. The van der Waals surface area contributed by atoms with Crippen LogP contribution in [0.4, 0.5) is 23.2 Å². The van der Waals surface area contributed by atoms with Gasteiger partial charge in [-0.3, -0.25) is 5.43 Å². The molecule has 0 saturated carbocycles. The third kappa shape index (κ3) is 2.77. The molecule has 9 heteroatoms. The number of ether oxygens (including phenoxy) is 2. The van der Waals surface area contributed by atoms with Crippen LogP contribution in [0.3, 0.4) is 0 Å². The Kier molecular flexibility index (Phi) is 3.99. The van der Waals surface area contributed by atoms with Gasteiger partial charge in [0.25, 0.3) is 0 Å². The Morgan fingerprint density at radius 1 is 1.00 bits per heavy atom. The summed E-state index contributed by atoms with van der Waals surface area (Å²) < 4.78 is 64.0. The Morgan fingerprint density at radius 3 is 2.35 bits per heavy atom. The third-order valence-electron chi connectivity index (χ3n) is 3.00. The molecule has 1 aliphatic rings. The summed E-state index contributed by atoms with van der Waals surface area (Å²) in [5.41, 5.74) is 1.34. The summed E-state index contributed by atoms with van der Waals surface area (Å²) in [6, 6.07) is 4.80. The zero-order chi connectivity index (χ0) is 16.6. The van der Waals surface area contributed by atoms with Gasteiger partial charge in [-0.25, -0.2) is 17.6 Å². The molecule has 0 aromatic heterocycles. The van der Waals surface area contributed by atoms with Gasteiger partial charge in [-0.2, -0.15) is 5.10 Å². The van der Waals surface area contributed by atoms with Gasteiger partial charge in [0, 0.05) is 0 Å². The minimum atomic E-state index is -1.70. The fourth-order valence-corrected chi connectivity index (χ4v) is 2.03. The number of nitrogens with zero attached hydrogens (tertiary/aromatic N) is 1. The van der Waals surface area contributed by atoms with Crippen molar-refractivity contribution in [2.45, 2.75) is 0 Å². The van der Waals surface area contributed by atoms with Gasteiger partial charge >= 0.3 is 0 Å². The molecule has 4 nitrogen and oxygen atoms in total. The highest BCUT2D eigenvalue weighted by Gasteiger charge is 2.24. The van der Waals surface area contributed by atoms with Gasteiger partial charge in [-0.15, -0.1) is 0 Å². The SMILES string of the molecule is Fc1c(F)c(N/N=C\c2ccc3c(c2)OCO3)c(F)c(F)c1Cl. The van der Waals surface area contributed by atoms with Crippen LogP contribution < -0.4 is 14.9 Å². The summed E-state index contributed by atoms with van der Waals surface area (Å²) in [6.07, 6.45) is 1.19. The van der Waals surface area contributed by atoms with Crippen molar-refractivity contribution in [3.63, 3.8) is 0 Å². The number of nitrogens with one attached hydrogen (secondary N) is 1. The van der Waals surface area contributed by atoms with E-state index >= 15 is 0 Å².